The molecule has 0 unspecified atom stereocenters. The maximum absolute atomic E-state index is 11.8. The molecule has 7 nitrogen and oxygen atoms in total. The van der Waals surface area contributed by atoms with Crippen LogP contribution < -0.4 is 5.32 Å². The maximum atomic E-state index is 11.8. The van der Waals surface area contributed by atoms with Crippen LogP contribution in [0.4, 0.5) is 4.79 Å². The van der Waals surface area contributed by atoms with Gasteiger partial charge in [-0.25, -0.2) is 9.78 Å². The van der Waals surface area contributed by atoms with Crippen molar-refractivity contribution in [1.82, 2.24) is 20.1 Å². The number of amides is 1. The monoisotopic (exact) mass is 523 g/mol. The van der Waals surface area contributed by atoms with E-state index in [0.29, 0.717) is 26.2 Å². The van der Waals surface area contributed by atoms with Crippen LogP contribution in [-0.2, 0) is 16.6 Å². The van der Waals surface area contributed by atoms with E-state index in [1.807, 2.05) is 6.92 Å². The molecule has 0 aromatic carbocycles. The number of hydrogen-bond acceptors (Lipinski definition) is 5. The van der Waals surface area contributed by atoms with Crippen molar-refractivity contribution in [2.45, 2.75) is 46.5 Å². The molecule has 0 saturated carbocycles. The van der Waals surface area contributed by atoms with Gasteiger partial charge in [-0.2, -0.15) is 0 Å². The third-order valence-corrected chi connectivity index (χ3v) is 5.26. The van der Waals surface area contributed by atoms with Gasteiger partial charge in [0.2, 0.25) is 0 Å². The average molecular weight is 523 g/mol. The van der Waals surface area contributed by atoms with Crippen LogP contribution in [-0.4, -0.2) is 72.7 Å². The number of hydrogen-bond donors (Lipinski definition) is 1. The Balaban J connectivity index is 0.00000392. The van der Waals surface area contributed by atoms with E-state index in [2.05, 4.69) is 43.3 Å². The molecule has 1 aliphatic heterocycles. The maximum Gasteiger partial charge on any atom is 0.409 e. The Morgan fingerprint density at radius 1 is 1.25 bits per heavy atom. The summed E-state index contributed by atoms with van der Waals surface area (Å²) in [5, 5.41) is 6.64. The molecule has 1 amide bonds. The molecule has 28 heavy (non-hydrogen) atoms. The predicted molar refractivity (Wildman–Crippen MR) is 126 cm³/mol. The normalized spacial score (nSPS) is 15.2. The van der Waals surface area contributed by atoms with Gasteiger partial charge in [0, 0.05) is 56.5 Å². The van der Waals surface area contributed by atoms with E-state index in [1.54, 1.807) is 16.2 Å². The van der Waals surface area contributed by atoms with Crippen molar-refractivity contribution >= 4 is 47.4 Å². The van der Waals surface area contributed by atoms with E-state index in [9.17, 15) is 4.79 Å². The van der Waals surface area contributed by atoms with Gasteiger partial charge in [-0.05, 0) is 13.8 Å². The first-order valence-corrected chi connectivity index (χ1v) is 10.6. The highest BCUT2D eigenvalue weighted by Gasteiger charge is 2.23. The Morgan fingerprint density at radius 3 is 2.43 bits per heavy atom. The molecule has 1 saturated heterocycles. The minimum Gasteiger partial charge on any atom is -0.450 e. The van der Waals surface area contributed by atoms with Crippen LogP contribution in [0.15, 0.2) is 10.4 Å². The Morgan fingerprint density at radius 2 is 1.89 bits per heavy atom. The summed E-state index contributed by atoms with van der Waals surface area (Å²) in [6, 6.07) is 0. The number of thiazole rings is 1. The number of carbonyl (C=O) groups excluding carboxylic acids is 1. The van der Waals surface area contributed by atoms with Crippen molar-refractivity contribution in [2.75, 3.05) is 45.9 Å². The number of carbonyl (C=O) groups is 1. The van der Waals surface area contributed by atoms with Gasteiger partial charge < -0.3 is 19.9 Å². The quantitative estimate of drug-likeness (QED) is 0.364. The summed E-state index contributed by atoms with van der Waals surface area (Å²) >= 11 is 1.71. The number of nitrogens with zero attached hydrogens (tertiary/aromatic N) is 4. The van der Waals surface area contributed by atoms with E-state index in [0.717, 1.165) is 42.7 Å². The molecular weight excluding hydrogens is 489 g/mol. The Labute approximate surface area is 190 Å². The number of ether oxygens (including phenoxy) is 1. The first-order chi connectivity index (χ1) is 12.8. The Hall–Kier alpha value is -1.10. The molecule has 0 spiro atoms. The molecule has 2 heterocycles. The summed E-state index contributed by atoms with van der Waals surface area (Å²) in [4.78, 5) is 25.3. The van der Waals surface area contributed by atoms with Crippen molar-refractivity contribution in [2.24, 2.45) is 4.99 Å². The van der Waals surface area contributed by atoms with E-state index in [1.165, 1.54) is 0 Å². The molecule has 0 radical (unpaired) electrons. The summed E-state index contributed by atoms with van der Waals surface area (Å²) < 4.78 is 5.08. The van der Waals surface area contributed by atoms with Crippen molar-refractivity contribution in [3.05, 3.63) is 16.1 Å². The molecule has 1 aromatic heterocycles. The van der Waals surface area contributed by atoms with Crippen molar-refractivity contribution in [1.29, 1.82) is 0 Å². The number of aromatic nitrogens is 1. The van der Waals surface area contributed by atoms with E-state index in [4.69, 9.17) is 14.7 Å². The Kier molecular flexibility index (Phi) is 10.5. The lowest BCUT2D eigenvalue weighted by molar-refractivity contribution is 0.0914. The summed E-state index contributed by atoms with van der Waals surface area (Å²) in [7, 11) is 0. The molecular formula is C19H34IN5O2S. The van der Waals surface area contributed by atoms with Crippen molar-refractivity contribution < 1.29 is 9.53 Å². The predicted octanol–water partition coefficient (Wildman–Crippen LogP) is 3.34. The third kappa shape index (κ3) is 7.38. The van der Waals surface area contributed by atoms with Crippen molar-refractivity contribution in [3.63, 3.8) is 0 Å². The van der Waals surface area contributed by atoms with Gasteiger partial charge in [0.1, 0.15) is 0 Å². The lowest BCUT2D eigenvalue weighted by atomic mass is 9.93. The molecule has 1 fully saturated rings. The summed E-state index contributed by atoms with van der Waals surface area (Å²) in [6.07, 6.45) is 0.621. The highest BCUT2D eigenvalue weighted by atomic mass is 127. The second-order valence-corrected chi connectivity index (χ2v) is 8.48. The van der Waals surface area contributed by atoms with E-state index >= 15 is 0 Å². The number of halogens is 1. The first kappa shape index (κ1) is 24.9. The second kappa shape index (κ2) is 11.8. The standard InChI is InChI=1S/C19H33N5O2S.HI/c1-6-20-17(23-10-12-24(13-11-23)18(25)26-7-2)21-9-8-16-22-15(14-27-16)19(3,4)5;/h14H,6-13H2,1-5H3,(H,20,21);1H. The minimum absolute atomic E-state index is 0. The van der Waals surface area contributed by atoms with Gasteiger partial charge in [-0.15, -0.1) is 35.3 Å². The number of guanidine groups is 1. The number of nitrogens with one attached hydrogen (secondary N) is 1. The lowest BCUT2D eigenvalue weighted by Gasteiger charge is -2.35. The van der Waals surface area contributed by atoms with Crippen LogP contribution in [0.1, 0.15) is 45.3 Å². The molecule has 0 bridgehead atoms. The largest absolute Gasteiger partial charge is 0.450 e. The second-order valence-electron chi connectivity index (χ2n) is 7.54. The van der Waals surface area contributed by atoms with Crippen LogP contribution in [0, 0.1) is 0 Å². The average Bonchev–Trinajstić information content (AvgIpc) is 3.11. The van der Waals surface area contributed by atoms with Gasteiger partial charge in [-0.1, -0.05) is 20.8 Å². The highest BCUT2D eigenvalue weighted by molar-refractivity contribution is 14.0. The van der Waals surface area contributed by atoms with Crippen LogP contribution in [0.5, 0.6) is 0 Å². The minimum atomic E-state index is -0.225. The molecule has 9 heteroatoms. The van der Waals surface area contributed by atoms with Gasteiger partial charge in [0.25, 0.3) is 0 Å². The summed E-state index contributed by atoms with van der Waals surface area (Å²) in [5.41, 5.74) is 1.24. The number of piperazine rings is 1. The van der Waals surface area contributed by atoms with Crippen LogP contribution in [0.2, 0.25) is 0 Å². The van der Waals surface area contributed by atoms with Gasteiger partial charge >= 0.3 is 6.09 Å². The fourth-order valence-electron chi connectivity index (χ4n) is 2.77. The van der Waals surface area contributed by atoms with E-state index < -0.39 is 0 Å². The number of aliphatic imine (C=N–C) groups is 1. The first-order valence-electron chi connectivity index (χ1n) is 9.75. The summed E-state index contributed by atoms with van der Waals surface area (Å²) in [6.45, 7) is 15.2. The lowest BCUT2D eigenvalue weighted by Crippen LogP contribution is -2.54. The number of rotatable bonds is 5. The molecule has 2 rings (SSSR count). The zero-order valence-electron chi connectivity index (χ0n) is 17.7. The molecule has 1 aromatic rings. The zero-order chi connectivity index (χ0) is 19.9. The molecule has 1 N–H and O–H groups in total. The zero-order valence-corrected chi connectivity index (χ0v) is 20.8. The fraction of sp³-hybridized carbons (Fsp3) is 0.737. The molecule has 1 aliphatic rings. The summed E-state index contributed by atoms with van der Waals surface area (Å²) in [5.74, 6) is 0.911. The molecule has 160 valence electrons. The Bertz CT molecular complexity index is 637. The van der Waals surface area contributed by atoms with Crippen LogP contribution >= 0.6 is 35.3 Å². The topological polar surface area (TPSA) is 70.1 Å². The molecule has 0 aliphatic carbocycles. The highest BCUT2D eigenvalue weighted by Crippen LogP contribution is 2.24. The smallest absolute Gasteiger partial charge is 0.409 e. The molecule has 0 atom stereocenters. The fourth-order valence-corrected chi connectivity index (χ4v) is 3.78. The van der Waals surface area contributed by atoms with E-state index in [-0.39, 0.29) is 35.5 Å². The third-order valence-electron chi connectivity index (χ3n) is 4.35. The van der Waals surface area contributed by atoms with Gasteiger partial charge in [0.05, 0.1) is 17.3 Å². The van der Waals surface area contributed by atoms with Gasteiger partial charge in [-0.3, -0.25) is 4.99 Å². The van der Waals surface area contributed by atoms with Gasteiger partial charge in [0.15, 0.2) is 5.96 Å². The SMILES string of the molecule is CCNC(=NCCc1nc(C(C)(C)C)cs1)N1CCN(C(=O)OCC)CC1.I. The van der Waals surface area contributed by atoms with Crippen LogP contribution in [0.3, 0.4) is 0 Å². The van der Waals surface area contributed by atoms with Crippen LogP contribution in [0.25, 0.3) is 0 Å². The van der Waals surface area contributed by atoms with Crippen molar-refractivity contribution in [3.8, 4) is 0 Å².